The zero-order valence-corrected chi connectivity index (χ0v) is 15.3. The van der Waals surface area contributed by atoms with E-state index >= 15 is 0 Å². The largest absolute Gasteiger partial charge is 0.504 e. The van der Waals surface area contributed by atoms with E-state index in [1.807, 2.05) is 0 Å². The summed E-state index contributed by atoms with van der Waals surface area (Å²) in [6, 6.07) is 2.66. The predicted molar refractivity (Wildman–Crippen MR) is 90.9 cm³/mol. The van der Waals surface area contributed by atoms with Crippen LogP contribution in [0.2, 0.25) is 5.02 Å². The third-order valence-electron chi connectivity index (χ3n) is 3.63. The van der Waals surface area contributed by atoms with E-state index in [9.17, 15) is 18.3 Å². The number of nitrogens with two attached hydrogens (primary N) is 1. The van der Waals surface area contributed by atoms with Crippen LogP contribution < -0.4 is 5.73 Å². The Balaban J connectivity index is 2.25. The van der Waals surface area contributed by atoms with Crippen LogP contribution in [0.1, 0.15) is 27.2 Å². The Morgan fingerprint density at radius 1 is 1.42 bits per heavy atom. The van der Waals surface area contributed by atoms with Gasteiger partial charge in [-0.05, 0) is 39.3 Å². The average Bonchev–Trinajstić information content (AvgIpc) is 2.92. The lowest BCUT2D eigenvalue weighted by atomic mass is 10.2. The molecule has 1 aromatic rings. The molecule has 1 aromatic carbocycles. The fourth-order valence-corrected chi connectivity index (χ4v) is 4.80. The van der Waals surface area contributed by atoms with E-state index in [0.29, 0.717) is 0 Å². The molecule has 134 valence electrons. The van der Waals surface area contributed by atoms with E-state index in [1.165, 1.54) is 17.0 Å². The van der Waals surface area contributed by atoms with Crippen LogP contribution in [0.15, 0.2) is 17.0 Å². The van der Waals surface area contributed by atoms with Crippen molar-refractivity contribution in [2.24, 2.45) is 0 Å². The number of ether oxygens (including phenoxy) is 1. The van der Waals surface area contributed by atoms with E-state index in [0.717, 1.165) is 0 Å². The lowest BCUT2D eigenvalue weighted by molar-refractivity contribution is 0.0295. The number of carbonyl (C=O) groups excluding carboxylic acids is 1. The number of phenols is 1. The first-order valence-corrected chi connectivity index (χ1v) is 9.34. The first kappa shape index (κ1) is 18.7. The maximum atomic E-state index is 12.8. The SMILES string of the molecule is CC(C)(C)OC(=O)N1CC[C@@H](S(=O)(=O)c2c(Cl)ccc(N)c2O)C1. The highest BCUT2D eigenvalue weighted by molar-refractivity contribution is 7.92. The molecule has 1 saturated heterocycles. The van der Waals surface area contributed by atoms with Gasteiger partial charge in [-0.15, -0.1) is 0 Å². The molecule has 1 fully saturated rings. The van der Waals surface area contributed by atoms with Crippen LogP contribution in [0.25, 0.3) is 0 Å². The van der Waals surface area contributed by atoms with Crippen LogP contribution in [0.3, 0.4) is 0 Å². The Bertz CT molecular complexity index is 758. The number of rotatable bonds is 2. The number of anilines is 1. The molecule has 7 nitrogen and oxygen atoms in total. The van der Waals surface area contributed by atoms with Crippen LogP contribution in [0.5, 0.6) is 5.75 Å². The lowest BCUT2D eigenvalue weighted by Gasteiger charge is -2.24. The van der Waals surface area contributed by atoms with Gasteiger partial charge in [-0.3, -0.25) is 0 Å². The van der Waals surface area contributed by atoms with E-state index in [2.05, 4.69) is 0 Å². The van der Waals surface area contributed by atoms with Gasteiger partial charge < -0.3 is 20.5 Å². The standard InChI is InChI=1S/C15H21ClN2O5S/c1-15(2,3)23-14(20)18-7-6-9(8-18)24(21,22)13-10(16)4-5-11(17)12(13)19/h4-5,9,19H,6-8,17H2,1-3H3/t9-/m1/s1. The monoisotopic (exact) mass is 376 g/mol. The molecule has 1 heterocycles. The summed E-state index contributed by atoms with van der Waals surface area (Å²) in [5.74, 6) is -0.557. The van der Waals surface area contributed by atoms with E-state index in [1.54, 1.807) is 20.8 Å². The summed E-state index contributed by atoms with van der Waals surface area (Å²) < 4.78 is 30.9. The Labute approximate surface area is 146 Å². The summed E-state index contributed by atoms with van der Waals surface area (Å²) in [6.45, 7) is 5.43. The minimum Gasteiger partial charge on any atom is -0.504 e. The van der Waals surface area contributed by atoms with Crippen molar-refractivity contribution in [1.82, 2.24) is 4.90 Å². The number of sulfone groups is 1. The number of nitrogens with zero attached hydrogens (tertiary/aromatic N) is 1. The van der Waals surface area contributed by atoms with Gasteiger partial charge >= 0.3 is 6.09 Å². The summed E-state index contributed by atoms with van der Waals surface area (Å²) in [5, 5.41) is 9.03. The normalized spacial score (nSPS) is 18.7. The first-order chi connectivity index (χ1) is 10.9. The number of hydrogen-bond acceptors (Lipinski definition) is 6. The maximum absolute atomic E-state index is 12.8. The molecule has 9 heteroatoms. The number of benzene rings is 1. The second-order valence-electron chi connectivity index (χ2n) is 6.70. The molecule has 0 aromatic heterocycles. The number of aromatic hydroxyl groups is 1. The molecule has 0 bridgehead atoms. The van der Waals surface area contributed by atoms with Crippen LogP contribution in [0.4, 0.5) is 10.5 Å². The van der Waals surface area contributed by atoms with Gasteiger partial charge in [-0.1, -0.05) is 11.6 Å². The molecule has 24 heavy (non-hydrogen) atoms. The van der Waals surface area contributed by atoms with Crippen molar-refractivity contribution in [2.75, 3.05) is 18.8 Å². The van der Waals surface area contributed by atoms with Crippen LogP contribution in [-0.2, 0) is 14.6 Å². The Morgan fingerprint density at radius 3 is 2.62 bits per heavy atom. The van der Waals surface area contributed by atoms with E-state index < -0.39 is 32.5 Å². The topological polar surface area (TPSA) is 110 Å². The zero-order valence-electron chi connectivity index (χ0n) is 13.7. The number of hydrogen-bond donors (Lipinski definition) is 2. The van der Waals surface area contributed by atoms with Gasteiger partial charge in [0.15, 0.2) is 15.6 Å². The molecule has 0 aliphatic carbocycles. The summed E-state index contributed by atoms with van der Waals surface area (Å²) in [6.07, 6.45) is -0.338. The van der Waals surface area contributed by atoms with Crippen LogP contribution >= 0.6 is 11.6 Å². The molecule has 0 unspecified atom stereocenters. The predicted octanol–water partition coefficient (Wildman–Crippen LogP) is 2.41. The van der Waals surface area contributed by atoms with E-state index in [4.69, 9.17) is 22.1 Å². The summed E-state index contributed by atoms with van der Waals surface area (Å²) in [5.41, 5.74) is 4.84. The fraction of sp³-hybridized carbons (Fsp3) is 0.533. The molecular formula is C15H21ClN2O5S. The van der Waals surface area contributed by atoms with E-state index in [-0.39, 0.29) is 35.1 Å². The van der Waals surface area contributed by atoms with Gasteiger partial charge in [0.2, 0.25) is 0 Å². The Morgan fingerprint density at radius 2 is 2.04 bits per heavy atom. The molecule has 3 N–H and O–H groups in total. The molecule has 1 atom stereocenters. The minimum absolute atomic E-state index is 0.0260. The van der Waals surface area contributed by atoms with Crippen molar-refractivity contribution < 1.29 is 23.1 Å². The Kier molecular flexibility index (Phi) is 4.92. The van der Waals surface area contributed by atoms with Crippen LogP contribution in [-0.4, -0.2) is 48.5 Å². The maximum Gasteiger partial charge on any atom is 0.410 e. The third kappa shape index (κ3) is 3.70. The molecule has 1 amide bonds. The van der Waals surface area contributed by atoms with Gasteiger partial charge in [-0.25, -0.2) is 13.2 Å². The highest BCUT2D eigenvalue weighted by Crippen LogP contribution is 2.38. The van der Waals surface area contributed by atoms with Gasteiger partial charge in [0.25, 0.3) is 0 Å². The molecule has 1 aliphatic heterocycles. The van der Waals surface area contributed by atoms with Crippen molar-refractivity contribution in [2.45, 2.75) is 42.9 Å². The molecule has 1 aliphatic rings. The molecule has 0 spiro atoms. The smallest absolute Gasteiger partial charge is 0.410 e. The van der Waals surface area contributed by atoms with Crippen molar-refractivity contribution in [3.8, 4) is 5.75 Å². The van der Waals surface area contributed by atoms with Crippen molar-refractivity contribution in [3.63, 3.8) is 0 Å². The third-order valence-corrected chi connectivity index (χ3v) is 6.31. The molecule has 0 radical (unpaired) electrons. The van der Waals surface area contributed by atoms with Crippen molar-refractivity contribution in [1.29, 1.82) is 0 Å². The number of amides is 1. The summed E-state index contributed by atoms with van der Waals surface area (Å²) >= 11 is 5.95. The highest BCUT2D eigenvalue weighted by Gasteiger charge is 2.40. The Hall–Kier alpha value is -1.67. The number of carbonyl (C=O) groups is 1. The lowest BCUT2D eigenvalue weighted by Crippen LogP contribution is -2.36. The van der Waals surface area contributed by atoms with Gasteiger partial charge in [0.05, 0.1) is 16.0 Å². The molecule has 2 rings (SSSR count). The summed E-state index contributed by atoms with van der Waals surface area (Å²) in [4.78, 5) is 13.0. The minimum atomic E-state index is -3.94. The number of phenolic OH excluding ortho intramolecular Hbond substituents is 1. The van der Waals surface area contributed by atoms with Crippen molar-refractivity contribution >= 4 is 33.2 Å². The summed E-state index contributed by atoms with van der Waals surface area (Å²) in [7, 11) is -3.94. The highest BCUT2D eigenvalue weighted by atomic mass is 35.5. The fourth-order valence-electron chi connectivity index (χ4n) is 2.47. The van der Waals surface area contributed by atoms with Gasteiger partial charge in [0, 0.05) is 13.1 Å². The second-order valence-corrected chi connectivity index (χ2v) is 9.27. The molecular weight excluding hydrogens is 356 g/mol. The van der Waals surface area contributed by atoms with Gasteiger partial charge in [0.1, 0.15) is 10.5 Å². The molecule has 0 saturated carbocycles. The zero-order chi connectivity index (χ0) is 18.3. The second kappa shape index (κ2) is 6.33. The number of halogens is 1. The first-order valence-electron chi connectivity index (χ1n) is 7.42. The number of nitrogen functional groups attached to an aromatic ring is 1. The van der Waals surface area contributed by atoms with Gasteiger partial charge in [-0.2, -0.15) is 0 Å². The quantitative estimate of drug-likeness (QED) is 0.605. The number of likely N-dealkylation sites (tertiary alicyclic amines) is 1. The average molecular weight is 377 g/mol. The van der Waals surface area contributed by atoms with Crippen molar-refractivity contribution in [3.05, 3.63) is 17.2 Å². The van der Waals surface area contributed by atoms with Crippen LogP contribution in [0, 0.1) is 0 Å².